The second-order valence-electron chi connectivity index (χ2n) is 4.93. The van der Waals surface area contributed by atoms with Crippen LogP contribution in [0.15, 0.2) is 17.5 Å². The minimum absolute atomic E-state index is 0.0247. The lowest BCUT2D eigenvalue weighted by molar-refractivity contribution is -0.131. The molecule has 0 aromatic carbocycles. The largest absolute Gasteiger partial charge is 0.376 e. The number of rotatable bonds is 3. The average molecular weight is 266 g/mol. The third kappa shape index (κ3) is 2.18. The lowest BCUT2D eigenvalue weighted by atomic mass is 10.2. The summed E-state index contributed by atoms with van der Waals surface area (Å²) < 4.78 is 5.65. The smallest absolute Gasteiger partial charge is 0.241 e. The zero-order valence-electron chi connectivity index (χ0n) is 10.5. The van der Waals surface area contributed by atoms with E-state index in [1.165, 1.54) is 4.88 Å². The van der Waals surface area contributed by atoms with E-state index in [-0.39, 0.29) is 24.2 Å². The quantitative estimate of drug-likeness (QED) is 0.906. The fraction of sp³-hybridized carbons (Fsp3) is 0.615. The molecule has 1 aromatic heterocycles. The summed E-state index contributed by atoms with van der Waals surface area (Å²) in [4.78, 5) is 15.3. The number of hydrogen-bond acceptors (Lipinski definition) is 4. The van der Waals surface area contributed by atoms with Crippen molar-refractivity contribution in [2.45, 2.75) is 38.1 Å². The zero-order valence-corrected chi connectivity index (χ0v) is 11.3. The van der Waals surface area contributed by atoms with Gasteiger partial charge in [0.25, 0.3) is 0 Å². The Kier molecular flexibility index (Phi) is 3.37. The van der Waals surface area contributed by atoms with Crippen molar-refractivity contribution < 1.29 is 9.53 Å². The first-order chi connectivity index (χ1) is 8.75. The normalized spacial score (nSPS) is 32.4. The van der Waals surface area contributed by atoms with Crippen molar-refractivity contribution >= 4 is 17.2 Å². The van der Waals surface area contributed by atoms with Crippen LogP contribution < -0.4 is 5.32 Å². The van der Waals surface area contributed by atoms with Crippen molar-refractivity contribution in [2.24, 2.45) is 0 Å². The number of carbonyl (C=O) groups is 1. The van der Waals surface area contributed by atoms with Crippen LogP contribution in [0.5, 0.6) is 0 Å². The lowest BCUT2D eigenvalue weighted by Crippen LogP contribution is -2.36. The van der Waals surface area contributed by atoms with E-state index in [1.807, 2.05) is 17.9 Å². The molecule has 5 heteroatoms. The van der Waals surface area contributed by atoms with Gasteiger partial charge in [-0.1, -0.05) is 6.07 Å². The van der Waals surface area contributed by atoms with Gasteiger partial charge in [-0.15, -0.1) is 11.3 Å². The molecule has 0 bridgehead atoms. The van der Waals surface area contributed by atoms with Crippen molar-refractivity contribution in [1.82, 2.24) is 10.2 Å². The summed E-state index contributed by atoms with van der Waals surface area (Å²) in [5.74, 6) is 0.184. The molecule has 2 aliphatic rings. The van der Waals surface area contributed by atoms with Crippen molar-refractivity contribution in [2.75, 3.05) is 13.2 Å². The summed E-state index contributed by atoms with van der Waals surface area (Å²) in [6.45, 7) is 3.47. The van der Waals surface area contributed by atoms with E-state index in [0.717, 1.165) is 19.4 Å². The van der Waals surface area contributed by atoms with E-state index >= 15 is 0 Å². The number of amides is 1. The van der Waals surface area contributed by atoms with E-state index in [4.69, 9.17) is 4.74 Å². The Bertz CT molecular complexity index is 415. The second kappa shape index (κ2) is 4.99. The van der Waals surface area contributed by atoms with Gasteiger partial charge in [-0.25, -0.2) is 0 Å². The predicted molar refractivity (Wildman–Crippen MR) is 70.3 cm³/mol. The first-order valence-electron chi connectivity index (χ1n) is 6.47. The summed E-state index contributed by atoms with van der Waals surface area (Å²) in [5.41, 5.74) is 0. The number of ether oxygens (including phenoxy) is 1. The van der Waals surface area contributed by atoms with Crippen LogP contribution in [0.4, 0.5) is 0 Å². The van der Waals surface area contributed by atoms with Gasteiger partial charge in [-0.3, -0.25) is 10.1 Å². The fourth-order valence-electron chi connectivity index (χ4n) is 2.66. The molecule has 2 fully saturated rings. The van der Waals surface area contributed by atoms with Gasteiger partial charge in [-0.05, 0) is 31.2 Å². The van der Waals surface area contributed by atoms with Gasteiger partial charge in [0.1, 0.15) is 6.17 Å². The van der Waals surface area contributed by atoms with E-state index in [0.29, 0.717) is 6.54 Å². The summed E-state index contributed by atoms with van der Waals surface area (Å²) >= 11 is 1.69. The third-order valence-corrected chi connectivity index (χ3v) is 4.53. The first-order valence-corrected chi connectivity index (χ1v) is 7.35. The summed E-state index contributed by atoms with van der Waals surface area (Å²) in [5, 5.41) is 5.41. The molecule has 0 aliphatic carbocycles. The van der Waals surface area contributed by atoms with Crippen LogP contribution in [-0.4, -0.2) is 36.1 Å². The van der Waals surface area contributed by atoms with Crippen LogP contribution in [0.2, 0.25) is 0 Å². The van der Waals surface area contributed by atoms with Crippen molar-refractivity contribution in [3.8, 4) is 0 Å². The molecule has 0 spiro atoms. The molecule has 98 valence electrons. The van der Waals surface area contributed by atoms with Gasteiger partial charge < -0.3 is 9.64 Å². The van der Waals surface area contributed by atoms with Crippen LogP contribution in [0.1, 0.15) is 30.8 Å². The molecular weight excluding hydrogens is 248 g/mol. The molecule has 1 amide bonds. The standard InChI is InChI=1S/C13H18N2O2S/c1-9-13(16)15(8-10-4-2-6-17-10)12(14-9)11-5-3-7-18-11/h3,5,7,9-10,12,14H,2,4,6,8H2,1H3. The highest BCUT2D eigenvalue weighted by Crippen LogP contribution is 2.29. The number of thiophene rings is 1. The molecule has 1 aromatic rings. The number of hydrogen-bond donors (Lipinski definition) is 1. The van der Waals surface area contributed by atoms with Crippen LogP contribution in [-0.2, 0) is 9.53 Å². The first kappa shape index (κ1) is 12.1. The molecule has 3 unspecified atom stereocenters. The maximum atomic E-state index is 12.2. The number of nitrogens with zero attached hydrogens (tertiary/aromatic N) is 1. The Hall–Kier alpha value is -0.910. The van der Waals surface area contributed by atoms with E-state index in [2.05, 4.69) is 16.8 Å². The minimum atomic E-state index is -0.0986. The molecule has 0 radical (unpaired) electrons. The topological polar surface area (TPSA) is 41.6 Å². The van der Waals surface area contributed by atoms with Crippen LogP contribution in [0, 0.1) is 0 Å². The monoisotopic (exact) mass is 266 g/mol. The van der Waals surface area contributed by atoms with Crippen molar-refractivity contribution in [1.29, 1.82) is 0 Å². The minimum Gasteiger partial charge on any atom is -0.376 e. The highest BCUT2D eigenvalue weighted by molar-refractivity contribution is 7.10. The SMILES string of the molecule is CC1NC(c2cccs2)N(CC2CCCO2)C1=O. The average Bonchev–Trinajstić information content (AvgIpc) is 3.07. The van der Waals surface area contributed by atoms with Crippen LogP contribution >= 0.6 is 11.3 Å². The summed E-state index contributed by atoms with van der Waals surface area (Å²) in [7, 11) is 0. The Labute approximate surface area is 111 Å². The van der Waals surface area contributed by atoms with Gasteiger partial charge >= 0.3 is 0 Å². The Morgan fingerprint density at radius 1 is 1.61 bits per heavy atom. The van der Waals surface area contributed by atoms with Gasteiger partial charge in [0, 0.05) is 18.0 Å². The molecule has 3 heterocycles. The fourth-order valence-corrected chi connectivity index (χ4v) is 3.46. The molecular formula is C13H18N2O2S. The van der Waals surface area contributed by atoms with Crippen LogP contribution in [0.3, 0.4) is 0 Å². The van der Waals surface area contributed by atoms with Crippen molar-refractivity contribution in [3.63, 3.8) is 0 Å². The molecule has 4 nitrogen and oxygen atoms in total. The molecule has 1 N–H and O–H groups in total. The zero-order chi connectivity index (χ0) is 12.5. The Morgan fingerprint density at radius 2 is 2.50 bits per heavy atom. The second-order valence-corrected chi connectivity index (χ2v) is 5.91. The Balaban J connectivity index is 1.77. The molecule has 3 atom stereocenters. The number of carbonyl (C=O) groups excluding carboxylic acids is 1. The molecule has 0 saturated carbocycles. The van der Waals surface area contributed by atoms with E-state index in [1.54, 1.807) is 11.3 Å². The van der Waals surface area contributed by atoms with E-state index in [9.17, 15) is 4.79 Å². The predicted octanol–water partition coefficient (Wildman–Crippen LogP) is 1.75. The third-order valence-electron chi connectivity index (χ3n) is 3.61. The van der Waals surface area contributed by atoms with Gasteiger partial charge in [0.15, 0.2) is 0 Å². The lowest BCUT2D eigenvalue weighted by Gasteiger charge is -2.25. The highest BCUT2D eigenvalue weighted by atomic mass is 32.1. The van der Waals surface area contributed by atoms with Crippen molar-refractivity contribution in [3.05, 3.63) is 22.4 Å². The van der Waals surface area contributed by atoms with Gasteiger partial charge in [0.05, 0.1) is 12.1 Å². The molecule has 18 heavy (non-hydrogen) atoms. The molecule has 2 aliphatic heterocycles. The maximum absolute atomic E-state index is 12.2. The van der Waals surface area contributed by atoms with Gasteiger partial charge in [0.2, 0.25) is 5.91 Å². The summed E-state index contributed by atoms with van der Waals surface area (Å²) in [6.07, 6.45) is 2.41. The van der Waals surface area contributed by atoms with E-state index < -0.39 is 0 Å². The van der Waals surface area contributed by atoms with Gasteiger partial charge in [-0.2, -0.15) is 0 Å². The molecule has 2 saturated heterocycles. The highest BCUT2D eigenvalue weighted by Gasteiger charge is 2.39. The number of nitrogens with one attached hydrogen (secondary N) is 1. The summed E-state index contributed by atoms with van der Waals surface area (Å²) in [6, 6.07) is 4.01. The molecule has 3 rings (SSSR count). The maximum Gasteiger partial charge on any atom is 0.241 e. The van der Waals surface area contributed by atoms with Crippen LogP contribution in [0.25, 0.3) is 0 Å². The Morgan fingerprint density at radius 3 is 3.17 bits per heavy atom.